The second-order valence-electron chi connectivity index (χ2n) is 4.78. The molecule has 0 aliphatic rings. The molecule has 0 fully saturated rings. The lowest BCUT2D eigenvalue weighted by atomic mass is 10.0. The largest absolute Gasteiger partial charge is 0.461 e. The third-order valence-corrected chi connectivity index (χ3v) is 3.58. The fourth-order valence-corrected chi connectivity index (χ4v) is 2.72. The monoisotopic (exact) mass is 260 g/mol. The Kier molecular flexibility index (Phi) is 2.33. The van der Waals surface area contributed by atoms with Crippen LogP contribution in [0.2, 0.25) is 0 Å². The van der Waals surface area contributed by atoms with E-state index in [4.69, 9.17) is 4.42 Å². The van der Waals surface area contributed by atoms with E-state index in [1.165, 1.54) is 10.8 Å². The zero-order valence-corrected chi connectivity index (χ0v) is 11.0. The summed E-state index contributed by atoms with van der Waals surface area (Å²) in [5.41, 5.74) is 2.77. The van der Waals surface area contributed by atoms with Gasteiger partial charge in [-0.15, -0.1) is 0 Å². The van der Waals surface area contributed by atoms with Gasteiger partial charge >= 0.3 is 0 Å². The van der Waals surface area contributed by atoms with Crippen LogP contribution in [0, 0.1) is 6.92 Å². The van der Waals surface area contributed by atoms with E-state index >= 15 is 0 Å². The lowest BCUT2D eigenvalue weighted by molar-refractivity contribution is 0.580. The average molecular weight is 260 g/mol. The highest BCUT2D eigenvalue weighted by atomic mass is 16.3. The molecule has 4 aromatic rings. The van der Waals surface area contributed by atoms with Crippen molar-refractivity contribution in [3.05, 3.63) is 60.7 Å². The fraction of sp³-hybridized carbons (Fsp3) is 0.0588. The lowest BCUT2D eigenvalue weighted by Crippen LogP contribution is -1.85. The molecule has 4 rings (SSSR count). The van der Waals surface area contributed by atoms with Gasteiger partial charge in [-0.05, 0) is 23.8 Å². The van der Waals surface area contributed by atoms with Crippen LogP contribution in [0.5, 0.6) is 0 Å². The number of hydrogen-bond acceptors (Lipinski definition) is 3. The van der Waals surface area contributed by atoms with Crippen molar-refractivity contribution < 1.29 is 4.42 Å². The van der Waals surface area contributed by atoms with Crippen LogP contribution in [0.15, 0.2) is 59.4 Å². The van der Waals surface area contributed by atoms with Gasteiger partial charge in [0.2, 0.25) is 0 Å². The van der Waals surface area contributed by atoms with Crippen LogP contribution in [0.25, 0.3) is 33.0 Å². The van der Waals surface area contributed by atoms with Gasteiger partial charge in [0.1, 0.15) is 11.3 Å². The molecule has 0 amide bonds. The molecule has 0 unspecified atom stereocenters. The van der Waals surface area contributed by atoms with E-state index in [-0.39, 0.29) is 0 Å². The number of benzene rings is 2. The van der Waals surface area contributed by atoms with Gasteiger partial charge < -0.3 is 4.42 Å². The normalized spacial score (nSPS) is 11.2. The minimum absolute atomic E-state index is 0.847. The predicted octanol–water partition coefficient (Wildman–Crippen LogP) is 4.35. The quantitative estimate of drug-likeness (QED) is 0.510. The molecule has 3 heteroatoms. The molecule has 0 aliphatic carbocycles. The molecule has 0 N–H and O–H groups in total. The van der Waals surface area contributed by atoms with Crippen molar-refractivity contribution in [2.45, 2.75) is 6.92 Å². The van der Waals surface area contributed by atoms with Crippen LogP contribution >= 0.6 is 0 Å². The summed E-state index contributed by atoms with van der Waals surface area (Å²) in [6.07, 6.45) is 5.16. The molecule has 0 saturated carbocycles. The van der Waals surface area contributed by atoms with Crippen LogP contribution in [0.3, 0.4) is 0 Å². The van der Waals surface area contributed by atoms with Crippen molar-refractivity contribution >= 4 is 21.7 Å². The summed E-state index contributed by atoms with van der Waals surface area (Å²) < 4.78 is 5.89. The van der Waals surface area contributed by atoms with E-state index in [1.807, 2.05) is 25.1 Å². The number of hydrogen-bond donors (Lipinski definition) is 0. The third-order valence-electron chi connectivity index (χ3n) is 3.58. The maximum Gasteiger partial charge on any atom is 0.135 e. The van der Waals surface area contributed by atoms with E-state index in [0.29, 0.717) is 0 Å². The van der Waals surface area contributed by atoms with Crippen molar-refractivity contribution in [2.75, 3.05) is 0 Å². The molecular formula is C17H12N2O. The molecule has 2 heterocycles. The zero-order valence-electron chi connectivity index (χ0n) is 11.0. The van der Waals surface area contributed by atoms with Crippen LogP contribution in [0.4, 0.5) is 0 Å². The SMILES string of the molecule is Cc1oc2ccc3ccccc3c2c1-c1cnccn1. The Bertz CT molecular complexity index is 910. The summed E-state index contributed by atoms with van der Waals surface area (Å²) in [7, 11) is 0. The van der Waals surface area contributed by atoms with Gasteiger partial charge in [-0.1, -0.05) is 30.3 Å². The molecule has 96 valence electrons. The van der Waals surface area contributed by atoms with E-state index in [0.717, 1.165) is 28.0 Å². The molecule has 0 saturated heterocycles. The molecule has 20 heavy (non-hydrogen) atoms. The number of nitrogens with zero attached hydrogens (tertiary/aromatic N) is 2. The molecule has 0 bridgehead atoms. The molecule has 3 nitrogen and oxygen atoms in total. The number of furan rings is 1. The van der Waals surface area contributed by atoms with Gasteiger partial charge in [0, 0.05) is 17.8 Å². The van der Waals surface area contributed by atoms with Gasteiger partial charge in [0.25, 0.3) is 0 Å². The molecule has 0 aliphatic heterocycles. The zero-order chi connectivity index (χ0) is 13.5. The number of fused-ring (bicyclic) bond motifs is 3. The van der Waals surface area contributed by atoms with E-state index in [9.17, 15) is 0 Å². The molecule has 0 atom stereocenters. The minimum atomic E-state index is 0.847. The summed E-state index contributed by atoms with van der Waals surface area (Å²) in [6.45, 7) is 1.97. The van der Waals surface area contributed by atoms with Gasteiger partial charge in [0.05, 0.1) is 17.5 Å². The average Bonchev–Trinajstić information content (AvgIpc) is 2.84. The molecule has 2 aromatic heterocycles. The topological polar surface area (TPSA) is 38.9 Å². The predicted molar refractivity (Wildman–Crippen MR) is 79.5 cm³/mol. The molecule has 0 radical (unpaired) electrons. The Balaban J connectivity index is 2.20. The first-order chi connectivity index (χ1) is 9.84. The standard InChI is InChI=1S/C17H12N2O/c1-11-16(14-10-18-8-9-19-14)17-13-5-3-2-4-12(13)6-7-15(17)20-11/h2-10H,1H3. The maximum absolute atomic E-state index is 5.89. The summed E-state index contributed by atoms with van der Waals surface area (Å²) in [6, 6.07) is 12.4. The first kappa shape index (κ1) is 11.2. The van der Waals surface area contributed by atoms with Gasteiger partial charge in [-0.25, -0.2) is 0 Å². The summed E-state index contributed by atoms with van der Waals surface area (Å²) in [5.74, 6) is 0.872. The van der Waals surface area contributed by atoms with Crippen LogP contribution in [-0.2, 0) is 0 Å². The van der Waals surface area contributed by atoms with E-state index in [2.05, 4.69) is 28.2 Å². The summed E-state index contributed by atoms with van der Waals surface area (Å²) in [5, 5.41) is 3.49. The van der Waals surface area contributed by atoms with Gasteiger partial charge in [-0.3, -0.25) is 9.97 Å². The van der Waals surface area contributed by atoms with E-state index in [1.54, 1.807) is 18.6 Å². The molecule has 2 aromatic carbocycles. The summed E-state index contributed by atoms with van der Waals surface area (Å²) >= 11 is 0. The Morgan fingerprint density at radius 2 is 1.90 bits per heavy atom. The number of aromatic nitrogens is 2. The maximum atomic E-state index is 5.89. The van der Waals surface area contributed by atoms with E-state index < -0.39 is 0 Å². The Hall–Kier alpha value is -2.68. The second kappa shape index (κ2) is 4.17. The number of rotatable bonds is 1. The fourth-order valence-electron chi connectivity index (χ4n) is 2.72. The first-order valence-electron chi connectivity index (χ1n) is 6.52. The highest BCUT2D eigenvalue weighted by Crippen LogP contribution is 2.37. The molecule has 0 spiro atoms. The Morgan fingerprint density at radius 1 is 1.00 bits per heavy atom. The Morgan fingerprint density at radius 3 is 2.75 bits per heavy atom. The van der Waals surface area contributed by atoms with Crippen molar-refractivity contribution in [1.29, 1.82) is 0 Å². The Labute approximate surface area is 115 Å². The highest BCUT2D eigenvalue weighted by molar-refractivity contribution is 6.13. The third kappa shape index (κ3) is 1.53. The van der Waals surface area contributed by atoms with Crippen molar-refractivity contribution in [2.24, 2.45) is 0 Å². The highest BCUT2D eigenvalue weighted by Gasteiger charge is 2.16. The second-order valence-corrected chi connectivity index (χ2v) is 4.78. The van der Waals surface area contributed by atoms with Gasteiger partial charge in [-0.2, -0.15) is 0 Å². The first-order valence-corrected chi connectivity index (χ1v) is 6.52. The van der Waals surface area contributed by atoms with Crippen LogP contribution in [0.1, 0.15) is 5.76 Å². The summed E-state index contributed by atoms with van der Waals surface area (Å²) in [4.78, 5) is 8.58. The number of aryl methyl sites for hydroxylation is 1. The van der Waals surface area contributed by atoms with Crippen LogP contribution in [-0.4, -0.2) is 9.97 Å². The minimum Gasteiger partial charge on any atom is -0.461 e. The van der Waals surface area contributed by atoms with Crippen molar-refractivity contribution in [3.63, 3.8) is 0 Å². The lowest BCUT2D eigenvalue weighted by Gasteiger charge is -2.02. The van der Waals surface area contributed by atoms with Crippen molar-refractivity contribution in [3.8, 4) is 11.3 Å². The van der Waals surface area contributed by atoms with Crippen LogP contribution < -0.4 is 0 Å². The van der Waals surface area contributed by atoms with Crippen molar-refractivity contribution in [1.82, 2.24) is 9.97 Å². The molecular weight excluding hydrogens is 248 g/mol. The smallest absolute Gasteiger partial charge is 0.135 e. The van der Waals surface area contributed by atoms with Gasteiger partial charge in [0.15, 0.2) is 0 Å².